The Bertz CT molecular complexity index is 747. The molecule has 1 aromatic carbocycles. The van der Waals surface area contributed by atoms with Crippen LogP contribution in [-0.2, 0) is 6.42 Å². The third-order valence-electron chi connectivity index (χ3n) is 3.63. The molecule has 0 saturated heterocycles. The summed E-state index contributed by atoms with van der Waals surface area (Å²) in [5.41, 5.74) is 1.91. The Balaban J connectivity index is 2.23. The fourth-order valence-electron chi connectivity index (χ4n) is 2.32. The standard InChI is InChI=1S/C17H16F2N4/c1-11-13(4-3-5-22-11)8-17(21)23(10-20)12(2)14-6-15(18)9-16(19)7-14/h3-7,9,12,21H,8H2,1-2H3. The molecule has 0 spiro atoms. The van der Waals surface area contributed by atoms with E-state index in [0.29, 0.717) is 5.56 Å². The first-order valence-electron chi connectivity index (χ1n) is 7.05. The molecule has 2 aromatic rings. The third kappa shape index (κ3) is 3.89. The van der Waals surface area contributed by atoms with Gasteiger partial charge < -0.3 is 0 Å². The lowest BCUT2D eigenvalue weighted by molar-refractivity contribution is 0.443. The van der Waals surface area contributed by atoms with Crippen LogP contribution >= 0.6 is 0 Å². The summed E-state index contributed by atoms with van der Waals surface area (Å²) < 4.78 is 26.7. The zero-order valence-electron chi connectivity index (χ0n) is 12.8. The molecule has 4 nitrogen and oxygen atoms in total. The highest BCUT2D eigenvalue weighted by molar-refractivity contribution is 5.83. The predicted molar refractivity (Wildman–Crippen MR) is 82.6 cm³/mol. The Morgan fingerprint density at radius 2 is 2.00 bits per heavy atom. The average Bonchev–Trinajstić information content (AvgIpc) is 2.49. The van der Waals surface area contributed by atoms with Crippen molar-refractivity contribution in [1.82, 2.24) is 9.88 Å². The number of pyridine rings is 1. The fourth-order valence-corrected chi connectivity index (χ4v) is 2.32. The molecule has 1 heterocycles. The predicted octanol–water partition coefficient (Wildman–Crippen LogP) is 3.73. The monoisotopic (exact) mass is 314 g/mol. The number of benzene rings is 1. The first kappa shape index (κ1) is 16.6. The van der Waals surface area contributed by atoms with Gasteiger partial charge in [-0.2, -0.15) is 5.26 Å². The fraction of sp³-hybridized carbons (Fsp3) is 0.235. The van der Waals surface area contributed by atoms with Gasteiger partial charge in [0.05, 0.1) is 6.04 Å². The molecule has 6 heteroatoms. The van der Waals surface area contributed by atoms with Crippen molar-refractivity contribution >= 4 is 5.84 Å². The van der Waals surface area contributed by atoms with E-state index >= 15 is 0 Å². The van der Waals surface area contributed by atoms with Gasteiger partial charge in [-0.15, -0.1) is 0 Å². The van der Waals surface area contributed by atoms with Crippen LogP contribution in [0.25, 0.3) is 0 Å². The SMILES string of the molecule is Cc1ncccc1CC(=N)N(C#N)C(C)c1cc(F)cc(F)c1. The quantitative estimate of drug-likeness (QED) is 0.405. The lowest BCUT2D eigenvalue weighted by Gasteiger charge is -2.24. The number of nitrogens with zero attached hydrogens (tertiary/aromatic N) is 3. The minimum Gasteiger partial charge on any atom is -0.287 e. The smallest absolute Gasteiger partial charge is 0.185 e. The van der Waals surface area contributed by atoms with Gasteiger partial charge in [-0.05, 0) is 43.2 Å². The van der Waals surface area contributed by atoms with Crippen molar-refractivity contribution in [2.24, 2.45) is 0 Å². The highest BCUT2D eigenvalue weighted by Gasteiger charge is 2.20. The van der Waals surface area contributed by atoms with Gasteiger partial charge in [0.1, 0.15) is 17.5 Å². The zero-order valence-corrected chi connectivity index (χ0v) is 12.8. The largest absolute Gasteiger partial charge is 0.287 e. The molecule has 0 aliphatic carbocycles. The van der Waals surface area contributed by atoms with E-state index in [1.807, 2.05) is 19.2 Å². The number of halogens is 2. The molecular formula is C17H16F2N4. The molecule has 118 valence electrons. The Labute approximate surface area is 133 Å². The first-order valence-corrected chi connectivity index (χ1v) is 7.05. The van der Waals surface area contributed by atoms with E-state index in [9.17, 15) is 14.0 Å². The molecule has 2 rings (SSSR count). The minimum atomic E-state index is -0.709. The number of hydrogen-bond donors (Lipinski definition) is 1. The Morgan fingerprint density at radius 3 is 2.57 bits per heavy atom. The average molecular weight is 314 g/mol. The van der Waals surface area contributed by atoms with E-state index in [1.54, 1.807) is 19.2 Å². The molecule has 0 radical (unpaired) electrons. The van der Waals surface area contributed by atoms with E-state index in [-0.39, 0.29) is 12.3 Å². The van der Waals surface area contributed by atoms with Crippen molar-refractivity contribution in [3.05, 3.63) is 65.0 Å². The number of hydrogen-bond acceptors (Lipinski definition) is 3. The lowest BCUT2D eigenvalue weighted by atomic mass is 10.0. The van der Waals surface area contributed by atoms with E-state index in [0.717, 1.165) is 22.2 Å². The van der Waals surface area contributed by atoms with E-state index in [2.05, 4.69) is 4.98 Å². The van der Waals surface area contributed by atoms with Gasteiger partial charge in [0.15, 0.2) is 6.19 Å². The molecule has 0 bridgehead atoms. The number of rotatable bonds is 4. The second kappa shape index (κ2) is 6.97. The Kier molecular flexibility index (Phi) is 5.02. The maximum Gasteiger partial charge on any atom is 0.185 e. The van der Waals surface area contributed by atoms with Crippen LogP contribution in [0.15, 0.2) is 36.5 Å². The topological polar surface area (TPSA) is 63.8 Å². The highest BCUT2D eigenvalue weighted by atomic mass is 19.1. The Morgan fingerprint density at radius 1 is 1.35 bits per heavy atom. The van der Waals surface area contributed by atoms with E-state index in [4.69, 9.17) is 5.41 Å². The molecule has 0 saturated carbocycles. The third-order valence-corrected chi connectivity index (χ3v) is 3.63. The van der Waals surface area contributed by atoms with Crippen LogP contribution in [0.2, 0.25) is 0 Å². The van der Waals surface area contributed by atoms with E-state index in [1.165, 1.54) is 12.1 Å². The van der Waals surface area contributed by atoms with Crippen molar-refractivity contribution in [2.45, 2.75) is 26.3 Å². The molecular weight excluding hydrogens is 298 g/mol. The van der Waals surface area contributed by atoms with Crippen LogP contribution in [-0.4, -0.2) is 15.7 Å². The summed E-state index contributed by atoms with van der Waals surface area (Å²) in [7, 11) is 0. The molecule has 0 aliphatic rings. The molecule has 1 atom stereocenters. The molecule has 0 fully saturated rings. The first-order chi connectivity index (χ1) is 10.9. The summed E-state index contributed by atoms with van der Waals surface area (Å²) in [6.07, 6.45) is 3.80. The van der Waals surface area contributed by atoms with Crippen molar-refractivity contribution < 1.29 is 8.78 Å². The summed E-state index contributed by atoms with van der Waals surface area (Å²) in [5, 5.41) is 17.5. The summed E-state index contributed by atoms with van der Waals surface area (Å²) >= 11 is 0. The number of aryl methyl sites for hydroxylation is 1. The second-order valence-electron chi connectivity index (χ2n) is 5.22. The van der Waals surface area contributed by atoms with Crippen molar-refractivity contribution in [2.75, 3.05) is 0 Å². The minimum absolute atomic E-state index is 0.0424. The van der Waals surface area contributed by atoms with Crippen molar-refractivity contribution in [1.29, 1.82) is 10.7 Å². The number of aromatic nitrogens is 1. The van der Waals surface area contributed by atoms with E-state index < -0.39 is 17.7 Å². The number of nitriles is 1. The van der Waals surface area contributed by atoms with Crippen LogP contribution in [0.3, 0.4) is 0 Å². The summed E-state index contributed by atoms with van der Waals surface area (Å²) in [6.45, 7) is 3.45. The maximum atomic E-state index is 13.4. The number of nitrogens with one attached hydrogen (secondary N) is 1. The van der Waals surface area contributed by atoms with Gasteiger partial charge in [-0.25, -0.2) is 8.78 Å². The van der Waals surface area contributed by atoms with Gasteiger partial charge in [-0.1, -0.05) is 6.07 Å². The van der Waals surface area contributed by atoms with Gasteiger partial charge in [0.2, 0.25) is 0 Å². The van der Waals surface area contributed by atoms with Gasteiger partial charge in [0.25, 0.3) is 0 Å². The maximum absolute atomic E-state index is 13.4. The normalized spacial score (nSPS) is 11.6. The molecule has 0 amide bonds. The van der Waals surface area contributed by atoms with Crippen LogP contribution in [0.4, 0.5) is 8.78 Å². The Hall–Kier alpha value is -2.81. The molecule has 0 aliphatic heterocycles. The molecule has 23 heavy (non-hydrogen) atoms. The zero-order chi connectivity index (χ0) is 17.0. The lowest BCUT2D eigenvalue weighted by Crippen LogP contribution is -2.30. The molecule has 1 aromatic heterocycles. The van der Waals surface area contributed by atoms with Gasteiger partial charge in [-0.3, -0.25) is 15.3 Å². The summed E-state index contributed by atoms with van der Waals surface area (Å²) in [5.74, 6) is -1.38. The number of amidine groups is 1. The summed E-state index contributed by atoms with van der Waals surface area (Å²) in [6, 6.07) is 6.06. The van der Waals surface area contributed by atoms with Crippen LogP contribution < -0.4 is 0 Å². The van der Waals surface area contributed by atoms with Crippen molar-refractivity contribution in [3.63, 3.8) is 0 Å². The van der Waals surface area contributed by atoms with Gasteiger partial charge >= 0.3 is 0 Å². The molecule has 1 unspecified atom stereocenters. The highest BCUT2D eigenvalue weighted by Crippen LogP contribution is 2.23. The van der Waals surface area contributed by atoms with Crippen LogP contribution in [0.1, 0.15) is 29.8 Å². The van der Waals surface area contributed by atoms with Crippen LogP contribution in [0.5, 0.6) is 0 Å². The second-order valence-corrected chi connectivity index (χ2v) is 5.22. The molecule has 1 N–H and O–H groups in total. The van der Waals surface area contributed by atoms with Gasteiger partial charge in [0, 0.05) is 24.4 Å². The van der Waals surface area contributed by atoms with Crippen molar-refractivity contribution in [3.8, 4) is 6.19 Å². The van der Waals surface area contributed by atoms with Crippen LogP contribution in [0, 0.1) is 35.4 Å². The summed E-state index contributed by atoms with van der Waals surface area (Å²) in [4.78, 5) is 5.29.